The van der Waals surface area contributed by atoms with Gasteiger partial charge < -0.3 is 25.7 Å². The summed E-state index contributed by atoms with van der Waals surface area (Å²) in [5, 5.41) is 6.05. The van der Waals surface area contributed by atoms with E-state index in [9.17, 15) is 14.4 Å². The highest BCUT2D eigenvalue weighted by atomic mass is 35.5. The molecule has 10 nitrogen and oxygen atoms in total. The first-order valence-electron chi connectivity index (χ1n) is 11.1. The molecule has 2 aromatic rings. The molecule has 11 heteroatoms. The van der Waals surface area contributed by atoms with Gasteiger partial charge in [-0.2, -0.15) is 0 Å². The molecule has 1 unspecified atom stereocenters. The minimum Gasteiger partial charge on any atom is -0.376 e. The number of primary amides is 1. The summed E-state index contributed by atoms with van der Waals surface area (Å²) in [5.74, 6) is -1.45. The second kappa shape index (κ2) is 10.3. The van der Waals surface area contributed by atoms with Crippen LogP contribution in [-0.4, -0.2) is 51.5 Å². The summed E-state index contributed by atoms with van der Waals surface area (Å²) in [6.07, 6.45) is 8.93. The van der Waals surface area contributed by atoms with Gasteiger partial charge in [-0.15, -0.1) is 0 Å². The van der Waals surface area contributed by atoms with Crippen LogP contribution in [0.1, 0.15) is 65.5 Å². The van der Waals surface area contributed by atoms with Crippen molar-refractivity contribution in [1.82, 2.24) is 19.9 Å². The van der Waals surface area contributed by atoms with Crippen molar-refractivity contribution in [1.29, 1.82) is 0 Å². The maximum absolute atomic E-state index is 12.7. The van der Waals surface area contributed by atoms with Gasteiger partial charge in [0.25, 0.3) is 11.8 Å². The van der Waals surface area contributed by atoms with Crippen molar-refractivity contribution in [3.05, 3.63) is 41.2 Å². The van der Waals surface area contributed by atoms with Crippen LogP contribution in [0.5, 0.6) is 0 Å². The highest BCUT2D eigenvalue weighted by molar-refractivity contribution is 6.33. The summed E-state index contributed by atoms with van der Waals surface area (Å²) in [4.78, 5) is 45.7. The quantitative estimate of drug-likeness (QED) is 0.562. The molecule has 0 bridgehead atoms. The van der Waals surface area contributed by atoms with E-state index in [1.807, 2.05) is 0 Å². The number of halogens is 1. The van der Waals surface area contributed by atoms with Crippen LogP contribution in [0.3, 0.4) is 0 Å². The number of rotatable bonds is 7. The molecular formula is C22H27ClN6O4. The standard InChI is InChI=1S/C22H27ClN6O4/c23-16-7-8-25-11-17(16)28-21(31)13-3-5-14(6-4-13)29-12-27-18(19(29)20(24)30)22(32)26-10-15-2-1-9-33-15/h7-8,11-15H,1-6,9-10H2,(H2,24,30)(H,26,32)(H,28,31). The Morgan fingerprint density at radius 3 is 2.67 bits per heavy atom. The number of carbonyl (C=O) groups is 3. The lowest BCUT2D eigenvalue weighted by atomic mass is 9.85. The first kappa shape index (κ1) is 23.2. The van der Waals surface area contributed by atoms with E-state index in [0.717, 1.165) is 12.8 Å². The normalized spacial score (nSPS) is 22.6. The zero-order valence-corrected chi connectivity index (χ0v) is 18.9. The fraction of sp³-hybridized carbons (Fsp3) is 0.500. The minimum absolute atomic E-state index is 0.0176. The number of pyridine rings is 1. The zero-order chi connectivity index (χ0) is 23.4. The number of anilines is 1. The number of carbonyl (C=O) groups excluding carboxylic acids is 3. The predicted molar refractivity (Wildman–Crippen MR) is 121 cm³/mol. The third kappa shape index (κ3) is 5.33. The molecule has 2 aliphatic rings. The predicted octanol–water partition coefficient (Wildman–Crippen LogP) is 2.31. The average molecular weight is 475 g/mol. The van der Waals surface area contributed by atoms with Gasteiger partial charge in [-0.1, -0.05) is 11.6 Å². The average Bonchev–Trinajstić information content (AvgIpc) is 3.49. The molecule has 1 atom stereocenters. The molecule has 176 valence electrons. The molecular weight excluding hydrogens is 448 g/mol. The Kier molecular flexibility index (Phi) is 7.24. The van der Waals surface area contributed by atoms with Crippen LogP contribution < -0.4 is 16.4 Å². The van der Waals surface area contributed by atoms with Crippen molar-refractivity contribution in [2.24, 2.45) is 11.7 Å². The van der Waals surface area contributed by atoms with Crippen LogP contribution in [0.15, 0.2) is 24.8 Å². The van der Waals surface area contributed by atoms with Gasteiger partial charge in [0.1, 0.15) is 5.69 Å². The summed E-state index contributed by atoms with van der Waals surface area (Å²) in [7, 11) is 0. The number of nitrogens with one attached hydrogen (secondary N) is 2. The summed E-state index contributed by atoms with van der Waals surface area (Å²) >= 11 is 6.10. The van der Waals surface area contributed by atoms with Gasteiger partial charge in [0.2, 0.25) is 5.91 Å². The van der Waals surface area contributed by atoms with Gasteiger partial charge in [-0.05, 0) is 44.6 Å². The van der Waals surface area contributed by atoms with Gasteiger partial charge in [0, 0.05) is 31.3 Å². The Morgan fingerprint density at radius 1 is 1.21 bits per heavy atom. The molecule has 33 heavy (non-hydrogen) atoms. The van der Waals surface area contributed by atoms with Gasteiger partial charge in [0.15, 0.2) is 5.69 Å². The molecule has 1 saturated carbocycles. The first-order chi connectivity index (χ1) is 15.9. The van der Waals surface area contributed by atoms with Gasteiger partial charge in [-0.25, -0.2) is 4.98 Å². The molecule has 4 rings (SSSR count). The van der Waals surface area contributed by atoms with E-state index in [4.69, 9.17) is 22.1 Å². The summed E-state index contributed by atoms with van der Waals surface area (Å²) < 4.78 is 7.19. The molecule has 2 aromatic heterocycles. The van der Waals surface area contributed by atoms with Crippen molar-refractivity contribution < 1.29 is 19.1 Å². The zero-order valence-electron chi connectivity index (χ0n) is 18.1. The maximum Gasteiger partial charge on any atom is 0.272 e. The van der Waals surface area contributed by atoms with E-state index in [0.29, 0.717) is 49.5 Å². The largest absolute Gasteiger partial charge is 0.376 e. The number of aromatic nitrogens is 3. The van der Waals surface area contributed by atoms with E-state index < -0.39 is 11.8 Å². The molecule has 3 amide bonds. The molecule has 1 aliphatic heterocycles. The molecule has 0 radical (unpaired) electrons. The van der Waals surface area contributed by atoms with Crippen molar-refractivity contribution in [2.45, 2.75) is 50.7 Å². The Morgan fingerprint density at radius 2 is 2.00 bits per heavy atom. The smallest absolute Gasteiger partial charge is 0.272 e. The van der Waals surface area contributed by atoms with E-state index >= 15 is 0 Å². The fourth-order valence-electron chi connectivity index (χ4n) is 4.46. The van der Waals surface area contributed by atoms with Gasteiger partial charge >= 0.3 is 0 Å². The number of nitrogens with zero attached hydrogens (tertiary/aromatic N) is 3. The van der Waals surface area contributed by atoms with Crippen LogP contribution in [0.4, 0.5) is 5.69 Å². The minimum atomic E-state index is -0.708. The number of ether oxygens (including phenoxy) is 1. The van der Waals surface area contributed by atoms with E-state index in [2.05, 4.69) is 20.6 Å². The van der Waals surface area contributed by atoms with Crippen LogP contribution in [0, 0.1) is 5.92 Å². The van der Waals surface area contributed by atoms with Crippen LogP contribution in [0.25, 0.3) is 0 Å². The molecule has 1 saturated heterocycles. The highest BCUT2D eigenvalue weighted by Gasteiger charge is 2.31. The van der Waals surface area contributed by atoms with Crippen molar-refractivity contribution in [3.8, 4) is 0 Å². The lowest BCUT2D eigenvalue weighted by molar-refractivity contribution is -0.121. The fourth-order valence-corrected chi connectivity index (χ4v) is 4.62. The van der Waals surface area contributed by atoms with E-state index in [1.54, 1.807) is 16.8 Å². The molecule has 0 aromatic carbocycles. The monoisotopic (exact) mass is 474 g/mol. The van der Waals surface area contributed by atoms with Crippen molar-refractivity contribution >= 4 is 35.0 Å². The Labute approximate surface area is 196 Å². The second-order valence-electron chi connectivity index (χ2n) is 8.41. The van der Waals surface area contributed by atoms with Gasteiger partial charge in [-0.3, -0.25) is 19.4 Å². The maximum atomic E-state index is 12.7. The SMILES string of the molecule is NC(=O)c1c(C(=O)NCC2CCCO2)ncn1C1CCC(C(=O)Nc2cnccc2Cl)CC1. The molecule has 4 N–H and O–H groups in total. The number of hydrogen-bond donors (Lipinski definition) is 3. The van der Waals surface area contributed by atoms with Crippen LogP contribution >= 0.6 is 11.6 Å². The molecule has 3 heterocycles. The van der Waals surface area contributed by atoms with Gasteiger partial charge in [0.05, 0.1) is 29.3 Å². The lowest BCUT2D eigenvalue weighted by Gasteiger charge is -2.29. The second-order valence-corrected chi connectivity index (χ2v) is 8.82. The number of nitrogens with two attached hydrogens (primary N) is 1. The van der Waals surface area contributed by atoms with Crippen molar-refractivity contribution in [2.75, 3.05) is 18.5 Å². The first-order valence-corrected chi connectivity index (χ1v) is 11.5. The Hall–Kier alpha value is -2.98. The summed E-state index contributed by atoms with van der Waals surface area (Å²) in [6, 6.07) is 1.54. The topological polar surface area (TPSA) is 141 Å². The van der Waals surface area contributed by atoms with E-state index in [1.165, 1.54) is 12.5 Å². The molecule has 2 fully saturated rings. The highest BCUT2D eigenvalue weighted by Crippen LogP contribution is 2.34. The van der Waals surface area contributed by atoms with E-state index in [-0.39, 0.29) is 35.4 Å². The number of imidazole rings is 1. The third-order valence-corrected chi connectivity index (χ3v) is 6.57. The number of hydrogen-bond acceptors (Lipinski definition) is 6. The number of amides is 3. The van der Waals surface area contributed by atoms with Crippen LogP contribution in [0.2, 0.25) is 5.02 Å². The molecule has 0 spiro atoms. The lowest BCUT2D eigenvalue weighted by Crippen LogP contribution is -2.34. The Balaban J connectivity index is 1.38. The summed E-state index contributed by atoms with van der Waals surface area (Å²) in [6.45, 7) is 1.06. The Bertz CT molecular complexity index is 1030. The summed E-state index contributed by atoms with van der Waals surface area (Å²) in [5.41, 5.74) is 6.21. The van der Waals surface area contributed by atoms with Crippen molar-refractivity contribution in [3.63, 3.8) is 0 Å². The third-order valence-electron chi connectivity index (χ3n) is 6.24. The van der Waals surface area contributed by atoms with Crippen LogP contribution in [-0.2, 0) is 9.53 Å². The molecule has 1 aliphatic carbocycles.